The Kier molecular flexibility index (Phi) is 2.41. The molecule has 0 fully saturated rings. The van der Waals surface area contributed by atoms with E-state index in [2.05, 4.69) is 18.9 Å². The van der Waals surface area contributed by atoms with Gasteiger partial charge in [0, 0.05) is 17.6 Å². The van der Waals surface area contributed by atoms with Gasteiger partial charge in [0.1, 0.15) is 0 Å². The molecule has 1 heterocycles. The third-order valence-corrected chi connectivity index (χ3v) is 2.82. The average molecular weight is 229 g/mol. The molecule has 2 rings (SSSR count). The zero-order valence-corrected chi connectivity index (χ0v) is 9.47. The second kappa shape index (κ2) is 3.44. The standard InChI is InChI=1S/C10H10Cl2N2/c1-6(2)14-5-7-3-8(11)9(12)4-10(7)13-14/h3-6H,1-2H3. The predicted molar refractivity (Wildman–Crippen MR) is 60.1 cm³/mol. The fourth-order valence-electron chi connectivity index (χ4n) is 1.30. The van der Waals surface area contributed by atoms with Crippen molar-refractivity contribution in [3.05, 3.63) is 28.4 Å². The Morgan fingerprint density at radius 3 is 2.50 bits per heavy atom. The molecule has 4 heteroatoms. The predicted octanol–water partition coefficient (Wildman–Crippen LogP) is 3.92. The van der Waals surface area contributed by atoms with Crippen molar-refractivity contribution in [3.63, 3.8) is 0 Å². The van der Waals surface area contributed by atoms with Crippen LogP contribution in [0.2, 0.25) is 10.0 Å². The Morgan fingerprint density at radius 2 is 1.86 bits per heavy atom. The molecule has 0 aliphatic heterocycles. The highest BCUT2D eigenvalue weighted by Gasteiger charge is 2.06. The minimum absolute atomic E-state index is 0.347. The molecule has 2 aromatic rings. The van der Waals surface area contributed by atoms with E-state index in [4.69, 9.17) is 23.2 Å². The highest BCUT2D eigenvalue weighted by atomic mass is 35.5. The van der Waals surface area contributed by atoms with Crippen molar-refractivity contribution >= 4 is 34.1 Å². The highest BCUT2D eigenvalue weighted by Crippen LogP contribution is 2.27. The van der Waals surface area contributed by atoms with E-state index >= 15 is 0 Å². The maximum atomic E-state index is 5.91. The quantitative estimate of drug-likeness (QED) is 0.724. The summed E-state index contributed by atoms with van der Waals surface area (Å²) >= 11 is 11.8. The zero-order valence-electron chi connectivity index (χ0n) is 7.96. The van der Waals surface area contributed by atoms with E-state index in [1.807, 2.05) is 16.9 Å². The molecule has 0 unspecified atom stereocenters. The van der Waals surface area contributed by atoms with Gasteiger partial charge in [-0.15, -0.1) is 0 Å². The molecule has 1 aromatic heterocycles. The van der Waals surface area contributed by atoms with Crippen LogP contribution in [0.15, 0.2) is 18.3 Å². The number of rotatable bonds is 1. The molecule has 0 radical (unpaired) electrons. The molecule has 0 N–H and O–H groups in total. The minimum Gasteiger partial charge on any atom is -0.269 e. The number of fused-ring (bicyclic) bond motifs is 1. The Balaban J connectivity index is 2.66. The van der Waals surface area contributed by atoms with E-state index in [1.54, 1.807) is 6.07 Å². The molecule has 0 spiro atoms. The summed E-state index contributed by atoms with van der Waals surface area (Å²) in [5.74, 6) is 0. The molecule has 0 atom stereocenters. The van der Waals surface area contributed by atoms with Gasteiger partial charge in [0.25, 0.3) is 0 Å². The van der Waals surface area contributed by atoms with Crippen LogP contribution in [0.1, 0.15) is 19.9 Å². The van der Waals surface area contributed by atoms with Crippen LogP contribution in [-0.2, 0) is 0 Å². The van der Waals surface area contributed by atoms with Gasteiger partial charge in [-0.25, -0.2) is 0 Å². The lowest BCUT2D eigenvalue weighted by Gasteiger charge is -2.02. The molecule has 0 aliphatic rings. The summed E-state index contributed by atoms with van der Waals surface area (Å²) in [6.07, 6.45) is 1.97. The Hall–Kier alpha value is -0.730. The van der Waals surface area contributed by atoms with Gasteiger partial charge < -0.3 is 0 Å². The van der Waals surface area contributed by atoms with E-state index in [0.717, 1.165) is 10.9 Å². The maximum absolute atomic E-state index is 5.91. The van der Waals surface area contributed by atoms with E-state index in [0.29, 0.717) is 16.1 Å². The Labute approximate surface area is 92.4 Å². The van der Waals surface area contributed by atoms with E-state index in [1.165, 1.54) is 0 Å². The Bertz CT molecular complexity index is 435. The fraction of sp³-hybridized carbons (Fsp3) is 0.300. The summed E-state index contributed by atoms with van der Waals surface area (Å²) in [6.45, 7) is 4.16. The van der Waals surface area contributed by atoms with Crippen molar-refractivity contribution in [2.45, 2.75) is 19.9 Å². The van der Waals surface area contributed by atoms with Crippen molar-refractivity contribution in [3.8, 4) is 0 Å². The van der Waals surface area contributed by atoms with Crippen molar-refractivity contribution in [1.29, 1.82) is 0 Å². The van der Waals surface area contributed by atoms with E-state index in [-0.39, 0.29) is 0 Å². The second-order valence-corrected chi connectivity index (χ2v) is 4.34. The first-order chi connectivity index (χ1) is 6.58. The van der Waals surface area contributed by atoms with Gasteiger partial charge in [-0.05, 0) is 26.0 Å². The molecule has 1 aromatic carbocycles. The SMILES string of the molecule is CC(C)n1cc2cc(Cl)c(Cl)cc2n1. The van der Waals surface area contributed by atoms with Crippen LogP contribution in [0, 0.1) is 0 Å². The smallest absolute Gasteiger partial charge is 0.0939 e. The lowest BCUT2D eigenvalue weighted by Crippen LogP contribution is -1.99. The van der Waals surface area contributed by atoms with Crippen LogP contribution in [0.25, 0.3) is 10.9 Å². The summed E-state index contributed by atoms with van der Waals surface area (Å²) < 4.78 is 1.90. The van der Waals surface area contributed by atoms with Crippen LogP contribution in [-0.4, -0.2) is 9.78 Å². The Morgan fingerprint density at radius 1 is 1.21 bits per heavy atom. The first-order valence-electron chi connectivity index (χ1n) is 4.42. The molecular weight excluding hydrogens is 219 g/mol. The molecule has 0 saturated carbocycles. The molecule has 14 heavy (non-hydrogen) atoms. The van der Waals surface area contributed by atoms with Crippen LogP contribution in [0.5, 0.6) is 0 Å². The van der Waals surface area contributed by atoms with Crippen LogP contribution >= 0.6 is 23.2 Å². The third kappa shape index (κ3) is 1.60. The van der Waals surface area contributed by atoms with E-state index < -0.39 is 0 Å². The summed E-state index contributed by atoms with van der Waals surface area (Å²) in [4.78, 5) is 0. The van der Waals surface area contributed by atoms with Gasteiger partial charge in [-0.3, -0.25) is 4.68 Å². The topological polar surface area (TPSA) is 17.8 Å². The molecule has 74 valence electrons. The van der Waals surface area contributed by atoms with Crippen molar-refractivity contribution in [2.75, 3.05) is 0 Å². The van der Waals surface area contributed by atoms with Crippen molar-refractivity contribution in [1.82, 2.24) is 9.78 Å². The molecule has 0 amide bonds. The van der Waals surface area contributed by atoms with Gasteiger partial charge in [-0.1, -0.05) is 23.2 Å². The molecule has 0 bridgehead atoms. The number of hydrogen-bond acceptors (Lipinski definition) is 1. The van der Waals surface area contributed by atoms with Crippen LogP contribution < -0.4 is 0 Å². The molecule has 0 aliphatic carbocycles. The summed E-state index contributed by atoms with van der Waals surface area (Å²) in [5.41, 5.74) is 0.883. The first-order valence-corrected chi connectivity index (χ1v) is 5.17. The lowest BCUT2D eigenvalue weighted by molar-refractivity contribution is 0.537. The van der Waals surface area contributed by atoms with Crippen LogP contribution in [0.4, 0.5) is 0 Å². The number of aromatic nitrogens is 2. The van der Waals surface area contributed by atoms with Crippen molar-refractivity contribution in [2.24, 2.45) is 0 Å². The summed E-state index contributed by atoms with van der Waals surface area (Å²) in [7, 11) is 0. The van der Waals surface area contributed by atoms with E-state index in [9.17, 15) is 0 Å². The van der Waals surface area contributed by atoms with Gasteiger partial charge in [0.2, 0.25) is 0 Å². The van der Waals surface area contributed by atoms with Gasteiger partial charge in [0.05, 0.1) is 15.6 Å². The number of nitrogens with zero attached hydrogens (tertiary/aromatic N) is 2. The zero-order chi connectivity index (χ0) is 10.3. The largest absolute Gasteiger partial charge is 0.269 e. The van der Waals surface area contributed by atoms with Crippen molar-refractivity contribution < 1.29 is 0 Å². The third-order valence-electron chi connectivity index (χ3n) is 2.09. The normalized spacial score (nSPS) is 11.5. The maximum Gasteiger partial charge on any atom is 0.0939 e. The second-order valence-electron chi connectivity index (χ2n) is 3.53. The van der Waals surface area contributed by atoms with Gasteiger partial charge in [0.15, 0.2) is 0 Å². The highest BCUT2D eigenvalue weighted by molar-refractivity contribution is 6.42. The number of hydrogen-bond donors (Lipinski definition) is 0. The molecular formula is C10H10Cl2N2. The minimum atomic E-state index is 0.347. The monoisotopic (exact) mass is 228 g/mol. The summed E-state index contributed by atoms with van der Waals surface area (Å²) in [5, 5.41) is 6.53. The number of benzene rings is 1. The van der Waals surface area contributed by atoms with Gasteiger partial charge in [-0.2, -0.15) is 5.10 Å². The molecule has 2 nitrogen and oxygen atoms in total. The molecule has 0 saturated heterocycles. The lowest BCUT2D eigenvalue weighted by atomic mass is 10.2. The fourth-order valence-corrected chi connectivity index (χ4v) is 1.63. The van der Waals surface area contributed by atoms with Gasteiger partial charge >= 0.3 is 0 Å². The van der Waals surface area contributed by atoms with Crippen LogP contribution in [0.3, 0.4) is 0 Å². The first kappa shape index (κ1) is 9.81. The average Bonchev–Trinajstić information content (AvgIpc) is 2.48. The number of halogens is 2. The summed E-state index contributed by atoms with van der Waals surface area (Å²) in [6, 6.07) is 3.98.